The third kappa shape index (κ3) is 1.87. The highest BCUT2D eigenvalue weighted by Gasteiger charge is 2.56. The summed E-state index contributed by atoms with van der Waals surface area (Å²) in [6.45, 7) is 8.82. The van der Waals surface area contributed by atoms with Crippen LogP contribution in [0.25, 0.3) is 0 Å². The van der Waals surface area contributed by atoms with Crippen molar-refractivity contribution in [2.24, 2.45) is 17.3 Å². The number of carbonyl (C=O) groups is 1. The van der Waals surface area contributed by atoms with Crippen LogP contribution in [-0.4, -0.2) is 21.1 Å². The molecule has 92 valence electrons. The van der Waals surface area contributed by atoms with E-state index in [-0.39, 0.29) is 10.00 Å². The second-order valence-electron chi connectivity index (χ2n) is 6.44. The fraction of sp³-hybridized carbons (Fsp3) is 0.923. The van der Waals surface area contributed by atoms with Crippen molar-refractivity contribution in [1.82, 2.24) is 0 Å². The van der Waals surface area contributed by atoms with E-state index in [2.05, 4.69) is 20.8 Å². The minimum Gasteiger partial charge on any atom is -0.480 e. The Morgan fingerprint density at radius 3 is 2.31 bits per heavy atom. The van der Waals surface area contributed by atoms with Crippen molar-refractivity contribution >= 4 is 17.7 Å². The quantitative estimate of drug-likeness (QED) is 0.824. The van der Waals surface area contributed by atoms with Gasteiger partial charge in [0.1, 0.15) is 0 Å². The third-order valence-electron chi connectivity index (χ3n) is 4.76. The summed E-state index contributed by atoms with van der Waals surface area (Å²) >= 11 is 1.68. The SMILES string of the molecule is CC(SC1(C)CC2CC1CC2(C)C)C(=O)O. The van der Waals surface area contributed by atoms with E-state index in [1.165, 1.54) is 19.3 Å². The van der Waals surface area contributed by atoms with E-state index in [0.29, 0.717) is 5.41 Å². The Balaban J connectivity index is 2.05. The number of carboxylic acid groups (broad SMARTS) is 1. The Bertz CT molecular complexity index is 313. The molecule has 0 aromatic rings. The van der Waals surface area contributed by atoms with Crippen molar-refractivity contribution in [3.8, 4) is 0 Å². The zero-order valence-electron chi connectivity index (χ0n) is 10.6. The Hall–Kier alpha value is -0.180. The van der Waals surface area contributed by atoms with Crippen molar-refractivity contribution in [2.75, 3.05) is 0 Å². The molecule has 4 unspecified atom stereocenters. The molecule has 2 saturated carbocycles. The Morgan fingerprint density at radius 1 is 1.31 bits per heavy atom. The first-order chi connectivity index (χ1) is 7.24. The summed E-state index contributed by atoms with van der Waals surface area (Å²) < 4.78 is 0.206. The molecule has 2 rings (SSSR count). The molecule has 0 spiro atoms. The average Bonchev–Trinajstić information content (AvgIpc) is 2.56. The first kappa shape index (κ1) is 12.3. The highest BCUT2D eigenvalue weighted by molar-refractivity contribution is 8.01. The van der Waals surface area contributed by atoms with E-state index >= 15 is 0 Å². The number of hydrogen-bond donors (Lipinski definition) is 1. The zero-order chi connectivity index (χ0) is 12.1. The molecule has 3 heteroatoms. The maximum atomic E-state index is 10.9. The zero-order valence-corrected chi connectivity index (χ0v) is 11.4. The molecular weight excluding hydrogens is 220 g/mol. The van der Waals surface area contributed by atoms with Gasteiger partial charge in [-0.25, -0.2) is 0 Å². The van der Waals surface area contributed by atoms with Gasteiger partial charge >= 0.3 is 5.97 Å². The minimum absolute atomic E-state index is 0.206. The minimum atomic E-state index is -0.673. The van der Waals surface area contributed by atoms with Crippen molar-refractivity contribution in [1.29, 1.82) is 0 Å². The smallest absolute Gasteiger partial charge is 0.316 e. The number of fused-ring (bicyclic) bond motifs is 2. The molecule has 0 heterocycles. The molecule has 0 aromatic carbocycles. The van der Waals surface area contributed by atoms with Crippen molar-refractivity contribution in [3.05, 3.63) is 0 Å². The number of aliphatic carboxylic acids is 1. The largest absolute Gasteiger partial charge is 0.480 e. The number of carboxylic acids is 1. The van der Waals surface area contributed by atoms with Crippen LogP contribution in [-0.2, 0) is 4.79 Å². The van der Waals surface area contributed by atoms with Crippen molar-refractivity contribution in [2.45, 2.75) is 57.0 Å². The van der Waals surface area contributed by atoms with Gasteiger partial charge in [0, 0.05) is 4.75 Å². The molecule has 2 aliphatic carbocycles. The van der Waals surface area contributed by atoms with Gasteiger partial charge in [-0.05, 0) is 43.4 Å². The van der Waals surface area contributed by atoms with Gasteiger partial charge in [-0.3, -0.25) is 4.79 Å². The first-order valence-corrected chi connectivity index (χ1v) is 7.03. The predicted octanol–water partition coefficient (Wildman–Crippen LogP) is 3.41. The molecule has 2 bridgehead atoms. The summed E-state index contributed by atoms with van der Waals surface area (Å²) in [6.07, 6.45) is 3.78. The van der Waals surface area contributed by atoms with Crippen LogP contribution in [0.1, 0.15) is 47.0 Å². The fourth-order valence-electron chi connectivity index (χ4n) is 3.63. The van der Waals surface area contributed by atoms with Gasteiger partial charge in [0.25, 0.3) is 0 Å². The Morgan fingerprint density at radius 2 is 1.94 bits per heavy atom. The van der Waals surface area contributed by atoms with E-state index in [1.54, 1.807) is 11.8 Å². The van der Waals surface area contributed by atoms with Gasteiger partial charge in [0.15, 0.2) is 0 Å². The Kier molecular flexibility index (Phi) is 2.81. The summed E-state index contributed by atoms with van der Waals surface area (Å²) in [5.74, 6) is 0.851. The van der Waals surface area contributed by atoms with Gasteiger partial charge in [0.05, 0.1) is 5.25 Å². The maximum absolute atomic E-state index is 10.9. The molecule has 0 aromatic heterocycles. The standard InChI is InChI=1S/C13H22O2S/c1-8(11(14)15)16-13(4)7-9-5-10(13)6-12(9,2)3/h8-10H,5-7H2,1-4H3,(H,14,15). The van der Waals surface area contributed by atoms with Gasteiger partial charge in [-0.15, -0.1) is 11.8 Å². The summed E-state index contributed by atoms with van der Waals surface area (Å²) in [4.78, 5) is 10.9. The highest BCUT2D eigenvalue weighted by Crippen LogP contribution is 2.64. The number of thioether (sulfide) groups is 1. The predicted molar refractivity (Wildman–Crippen MR) is 67.7 cm³/mol. The molecule has 1 N–H and O–H groups in total. The van der Waals surface area contributed by atoms with Crippen molar-refractivity contribution < 1.29 is 9.90 Å². The molecular formula is C13H22O2S. The van der Waals surface area contributed by atoms with E-state index < -0.39 is 5.97 Å². The third-order valence-corrected chi connectivity index (χ3v) is 6.35. The second kappa shape index (κ2) is 3.66. The van der Waals surface area contributed by atoms with E-state index in [9.17, 15) is 4.79 Å². The van der Waals surface area contributed by atoms with E-state index in [0.717, 1.165) is 11.8 Å². The van der Waals surface area contributed by atoms with Crippen LogP contribution in [0, 0.1) is 17.3 Å². The topological polar surface area (TPSA) is 37.3 Å². The van der Waals surface area contributed by atoms with Crippen LogP contribution in [0.4, 0.5) is 0 Å². The summed E-state index contributed by atoms with van der Waals surface area (Å²) in [5, 5.41) is 8.74. The highest BCUT2D eigenvalue weighted by atomic mass is 32.2. The molecule has 0 radical (unpaired) electrons. The van der Waals surface area contributed by atoms with Crippen LogP contribution >= 0.6 is 11.8 Å². The van der Waals surface area contributed by atoms with Gasteiger partial charge in [-0.1, -0.05) is 20.8 Å². The molecule has 16 heavy (non-hydrogen) atoms. The second-order valence-corrected chi connectivity index (χ2v) is 8.31. The lowest BCUT2D eigenvalue weighted by molar-refractivity contribution is -0.136. The van der Waals surface area contributed by atoms with E-state index in [1.807, 2.05) is 6.92 Å². The Labute approximate surface area is 102 Å². The molecule has 0 amide bonds. The fourth-order valence-corrected chi connectivity index (χ4v) is 5.20. The molecule has 0 aliphatic heterocycles. The van der Waals surface area contributed by atoms with Crippen LogP contribution in [0.3, 0.4) is 0 Å². The molecule has 4 atom stereocenters. The molecule has 2 nitrogen and oxygen atoms in total. The lowest BCUT2D eigenvalue weighted by Crippen LogP contribution is -2.36. The lowest BCUT2D eigenvalue weighted by Gasteiger charge is -2.41. The van der Waals surface area contributed by atoms with Crippen molar-refractivity contribution in [3.63, 3.8) is 0 Å². The van der Waals surface area contributed by atoms with Crippen LogP contribution in [0.15, 0.2) is 0 Å². The van der Waals surface area contributed by atoms with Gasteiger partial charge < -0.3 is 5.11 Å². The van der Waals surface area contributed by atoms with Gasteiger partial charge in [0.2, 0.25) is 0 Å². The average molecular weight is 242 g/mol. The molecule has 0 saturated heterocycles. The van der Waals surface area contributed by atoms with E-state index in [4.69, 9.17) is 5.11 Å². The number of hydrogen-bond acceptors (Lipinski definition) is 2. The van der Waals surface area contributed by atoms with Crippen LogP contribution in [0.2, 0.25) is 0 Å². The van der Waals surface area contributed by atoms with Crippen LogP contribution in [0.5, 0.6) is 0 Å². The molecule has 2 aliphatic rings. The van der Waals surface area contributed by atoms with Crippen LogP contribution < -0.4 is 0 Å². The number of rotatable bonds is 3. The summed E-state index contributed by atoms with van der Waals surface area (Å²) in [7, 11) is 0. The molecule has 2 fully saturated rings. The summed E-state index contributed by atoms with van der Waals surface area (Å²) in [5.41, 5.74) is 0.483. The summed E-state index contributed by atoms with van der Waals surface area (Å²) in [6, 6.07) is 0. The normalized spacial score (nSPS) is 42.2. The monoisotopic (exact) mass is 242 g/mol. The first-order valence-electron chi connectivity index (χ1n) is 6.15. The van der Waals surface area contributed by atoms with Gasteiger partial charge in [-0.2, -0.15) is 0 Å². The lowest BCUT2D eigenvalue weighted by atomic mass is 9.73. The maximum Gasteiger partial charge on any atom is 0.316 e.